The molecule has 0 saturated carbocycles. The van der Waals surface area contributed by atoms with Gasteiger partial charge in [0.25, 0.3) is 5.91 Å². The van der Waals surface area contributed by atoms with Crippen molar-refractivity contribution >= 4 is 11.9 Å². The number of nitrogens with one attached hydrogen (secondary N) is 1. The summed E-state index contributed by atoms with van der Waals surface area (Å²) < 4.78 is 4.50. The summed E-state index contributed by atoms with van der Waals surface area (Å²) in [7, 11) is 0. The molecule has 2 heterocycles. The van der Waals surface area contributed by atoms with E-state index in [1.54, 1.807) is 0 Å². The maximum absolute atomic E-state index is 11.7. The van der Waals surface area contributed by atoms with Crippen LogP contribution in [0.3, 0.4) is 0 Å². The average molecular weight is 248 g/mol. The number of nitrogens with zero attached hydrogens (tertiary/aromatic N) is 3. The van der Waals surface area contributed by atoms with E-state index in [-0.39, 0.29) is 17.9 Å². The average Bonchev–Trinajstić information content (AvgIpc) is 2.89. The van der Waals surface area contributed by atoms with Crippen molar-refractivity contribution in [1.29, 1.82) is 0 Å². The lowest BCUT2D eigenvalue weighted by molar-refractivity contribution is 0.0690. The molecule has 0 bridgehead atoms. The zero-order valence-electron chi connectivity index (χ0n) is 9.03. The molecule has 8 nitrogen and oxygen atoms in total. The summed E-state index contributed by atoms with van der Waals surface area (Å²) >= 11 is 0. The SMILES string of the molecule is O=C(O)c1cccc(C(=O)NCc2ncon2)n1. The highest BCUT2D eigenvalue weighted by molar-refractivity contribution is 5.94. The topological polar surface area (TPSA) is 118 Å². The van der Waals surface area contributed by atoms with Crippen molar-refractivity contribution in [3.63, 3.8) is 0 Å². The maximum Gasteiger partial charge on any atom is 0.354 e. The van der Waals surface area contributed by atoms with Gasteiger partial charge in [-0.15, -0.1) is 0 Å². The van der Waals surface area contributed by atoms with Crippen LogP contribution in [0.25, 0.3) is 0 Å². The summed E-state index contributed by atoms with van der Waals surface area (Å²) in [5.41, 5.74) is -0.180. The third kappa shape index (κ3) is 2.67. The first kappa shape index (κ1) is 11.7. The van der Waals surface area contributed by atoms with Gasteiger partial charge in [0.05, 0.1) is 6.54 Å². The molecule has 92 valence electrons. The molecule has 0 aromatic carbocycles. The second kappa shape index (κ2) is 5.04. The minimum absolute atomic E-state index is 0.0124. The Kier molecular flexibility index (Phi) is 3.28. The van der Waals surface area contributed by atoms with Gasteiger partial charge < -0.3 is 14.9 Å². The molecule has 0 unspecified atom stereocenters. The van der Waals surface area contributed by atoms with Gasteiger partial charge in [-0.2, -0.15) is 4.98 Å². The fourth-order valence-corrected chi connectivity index (χ4v) is 1.20. The number of hydrogen-bond donors (Lipinski definition) is 2. The van der Waals surface area contributed by atoms with E-state index in [4.69, 9.17) is 5.11 Å². The highest BCUT2D eigenvalue weighted by Gasteiger charge is 2.11. The van der Waals surface area contributed by atoms with E-state index in [1.165, 1.54) is 18.2 Å². The van der Waals surface area contributed by atoms with Crippen LogP contribution in [-0.4, -0.2) is 32.1 Å². The molecule has 1 amide bonds. The monoisotopic (exact) mass is 248 g/mol. The van der Waals surface area contributed by atoms with Crippen LogP contribution in [0.2, 0.25) is 0 Å². The van der Waals surface area contributed by atoms with Crippen LogP contribution >= 0.6 is 0 Å². The maximum atomic E-state index is 11.7. The lowest BCUT2D eigenvalue weighted by Gasteiger charge is -2.02. The van der Waals surface area contributed by atoms with Crippen LogP contribution in [-0.2, 0) is 6.54 Å². The van der Waals surface area contributed by atoms with E-state index in [1.807, 2.05) is 0 Å². The number of carbonyl (C=O) groups excluding carboxylic acids is 1. The number of aromatic carboxylic acids is 1. The molecule has 2 rings (SSSR count). The number of carboxylic acids is 1. The second-order valence-corrected chi connectivity index (χ2v) is 3.24. The largest absolute Gasteiger partial charge is 0.477 e. The Morgan fingerprint density at radius 1 is 1.33 bits per heavy atom. The van der Waals surface area contributed by atoms with Gasteiger partial charge in [0, 0.05) is 0 Å². The molecule has 0 aliphatic heterocycles. The van der Waals surface area contributed by atoms with Gasteiger partial charge in [-0.3, -0.25) is 4.79 Å². The molecular formula is C10H8N4O4. The third-order valence-electron chi connectivity index (χ3n) is 2.01. The molecule has 0 spiro atoms. The third-order valence-corrected chi connectivity index (χ3v) is 2.01. The quantitative estimate of drug-likeness (QED) is 0.787. The Morgan fingerprint density at radius 2 is 2.11 bits per heavy atom. The summed E-state index contributed by atoms with van der Waals surface area (Å²) in [6.07, 6.45) is 1.14. The Bertz CT molecular complexity index is 567. The van der Waals surface area contributed by atoms with Crippen LogP contribution in [0.15, 0.2) is 29.1 Å². The van der Waals surface area contributed by atoms with Crippen molar-refractivity contribution in [3.8, 4) is 0 Å². The van der Waals surface area contributed by atoms with Gasteiger partial charge in [0.15, 0.2) is 5.82 Å². The fraction of sp³-hybridized carbons (Fsp3) is 0.100. The van der Waals surface area contributed by atoms with Gasteiger partial charge >= 0.3 is 5.97 Å². The van der Waals surface area contributed by atoms with Crippen LogP contribution in [0, 0.1) is 0 Å². The number of hydrogen-bond acceptors (Lipinski definition) is 6. The van der Waals surface area contributed by atoms with Crippen molar-refractivity contribution in [1.82, 2.24) is 20.4 Å². The predicted molar refractivity (Wildman–Crippen MR) is 56.7 cm³/mol. The van der Waals surface area contributed by atoms with Gasteiger partial charge in [0.1, 0.15) is 11.4 Å². The Morgan fingerprint density at radius 3 is 2.78 bits per heavy atom. The molecular weight excluding hydrogens is 240 g/mol. The lowest BCUT2D eigenvalue weighted by Crippen LogP contribution is -2.24. The van der Waals surface area contributed by atoms with Crippen molar-refractivity contribution in [2.75, 3.05) is 0 Å². The minimum Gasteiger partial charge on any atom is -0.477 e. The van der Waals surface area contributed by atoms with E-state index in [2.05, 4.69) is 25.0 Å². The molecule has 0 aliphatic carbocycles. The molecule has 0 fully saturated rings. The first-order valence-corrected chi connectivity index (χ1v) is 4.90. The number of rotatable bonds is 4. The number of pyridine rings is 1. The van der Waals surface area contributed by atoms with Gasteiger partial charge in [-0.1, -0.05) is 11.2 Å². The summed E-state index contributed by atoms with van der Waals surface area (Å²) in [5.74, 6) is -1.39. The van der Waals surface area contributed by atoms with Crippen LogP contribution in [0.5, 0.6) is 0 Å². The summed E-state index contributed by atoms with van der Waals surface area (Å²) in [4.78, 5) is 29.8. The normalized spacial score (nSPS) is 10.0. The molecule has 0 atom stereocenters. The molecule has 18 heavy (non-hydrogen) atoms. The van der Waals surface area contributed by atoms with Crippen molar-refractivity contribution in [3.05, 3.63) is 41.8 Å². The van der Waals surface area contributed by atoms with Gasteiger partial charge in [-0.05, 0) is 12.1 Å². The lowest BCUT2D eigenvalue weighted by atomic mass is 10.3. The number of carboxylic acid groups (broad SMARTS) is 1. The van der Waals surface area contributed by atoms with Crippen LogP contribution in [0.1, 0.15) is 26.8 Å². The standard InChI is InChI=1S/C10H8N4O4/c15-9(11-4-8-12-5-18-14-8)6-2-1-3-7(13-6)10(16)17/h1-3,5H,4H2,(H,11,15)(H,16,17). The van der Waals surface area contributed by atoms with Gasteiger partial charge in [-0.25, -0.2) is 9.78 Å². The number of carbonyl (C=O) groups is 2. The highest BCUT2D eigenvalue weighted by atomic mass is 16.5. The molecule has 2 aromatic heterocycles. The Balaban J connectivity index is 2.04. The van der Waals surface area contributed by atoms with E-state index < -0.39 is 11.9 Å². The highest BCUT2D eigenvalue weighted by Crippen LogP contribution is 2.00. The molecule has 8 heteroatoms. The van der Waals surface area contributed by atoms with Crippen molar-refractivity contribution in [2.45, 2.75) is 6.54 Å². The first-order valence-electron chi connectivity index (χ1n) is 4.90. The summed E-state index contributed by atoms with van der Waals surface area (Å²) in [5, 5.41) is 14.7. The van der Waals surface area contributed by atoms with E-state index in [0.717, 1.165) is 6.39 Å². The fourth-order valence-electron chi connectivity index (χ4n) is 1.20. The molecule has 0 aliphatic rings. The first-order chi connectivity index (χ1) is 8.66. The molecule has 0 saturated heterocycles. The molecule has 0 radical (unpaired) electrons. The Labute approximate surface area is 101 Å². The smallest absolute Gasteiger partial charge is 0.354 e. The zero-order chi connectivity index (χ0) is 13.0. The number of aromatic nitrogens is 3. The van der Waals surface area contributed by atoms with E-state index in [0.29, 0.717) is 5.82 Å². The summed E-state index contributed by atoms with van der Waals surface area (Å²) in [6, 6.07) is 4.16. The molecule has 2 aromatic rings. The Hall–Kier alpha value is -2.77. The van der Waals surface area contributed by atoms with E-state index in [9.17, 15) is 9.59 Å². The van der Waals surface area contributed by atoms with Crippen LogP contribution in [0.4, 0.5) is 0 Å². The summed E-state index contributed by atoms with van der Waals surface area (Å²) in [6.45, 7) is 0.0777. The number of amides is 1. The molecule has 2 N–H and O–H groups in total. The van der Waals surface area contributed by atoms with Crippen molar-refractivity contribution in [2.24, 2.45) is 0 Å². The minimum atomic E-state index is -1.19. The van der Waals surface area contributed by atoms with Crippen molar-refractivity contribution < 1.29 is 19.2 Å². The van der Waals surface area contributed by atoms with E-state index >= 15 is 0 Å². The van der Waals surface area contributed by atoms with Crippen LogP contribution < -0.4 is 5.32 Å². The zero-order valence-corrected chi connectivity index (χ0v) is 9.03. The predicted octanol–water partition coefficient (Wildman–Crippen LogP) is 0.0928. The second-order valence-electron chi connectivity index (χ2n) is 3.24. The van der Waals surface area contributed by atoms with Gasteiger partial charge in [0.2, 0.25) is 6.39 Å².